The van der Waals surface area contributed by atoms with E-state index in [1.165, 1.54) is 7.05 Å². The monoisotopic (exact) mass is 359 g/mol. The molecule has 0 bridgehead atoms. The van der Waals surface area contributed by atoms with Crippen LogP contribution in [-0.2, 0) is 23.8 Å². The minimum Gasteiger partial charge on any atom is -0.380 e. The van der Waals surface area contributed by atoms with Gasteiger partial charge in [0.15, 0.2) is 0 Å². The highest BCUT2D eigenvalue weighted by Gasteiger charge is 2.25. The molecule has 6 nitrogen and oxygen atoms in total. The average Bonchev–Trinajstić information content (AvgIpc) is 2.37. The molecule has 0 radical (unpaired) electrons. The molecule has 1 aromatic carbocycles. The number of likely N-dealkylation sites (N-methyl/N-ethyl adjacent to an activating group) is 1. The molecule has 0 N–H and O–H groups in total. The lowest BCUT2D eigenvalue weighted by Crippen LogP contribution is -2.31. The summed E-state index contributed by atoms with van der Waals surface area (Å²) in [6.07, 6.45) is 0. The summed E-state index contributed by atoms with van der Waals surface area (Å²) in [6, 6.07) is 2.39. The Bertz CT molecular complexity index is 705. The molecule has 1 rings (SSSR count). The lowest BCUT2D eigenvalue weighted by Gasteiger charge is -2.17. The van der Waals surface area contributed by atoms with Gasteiger partial charge in [0.05, 0.1) is 11.5 Å². The van der Waals surface area contributed by atoms with E-state index < -0.39 is 34.7 Å². The average molecular weight is 360 g/mol. The molecule has 120 valence electrons. The van der Waals surface area contributed by atoms with Gasteiger partial charge in [-0.05, 0) is 25.1 Å². The van der Waals surface area contributed by atoms with Crippen molar-refractivity contribution in [3.8, 4) is 0 Å². The van der Waals surface area contributed by atoms with Gasteiger partial charge in [-0.2, -0.15) is 4.31 Å². The van der Waals surface area contributed by atoms with E-state index in [0.29, 0.717) is 12.7 Å². The minimum atomic E-state index is -4.12. The smallest absolute Gasteiger partial charge is 0.261 e. The first-order chi connectivity index (χ1) is 9.60. The van der Waals surface area contributed by atoms with E-state index in [4.69, 9.17) is 15.4 Å². The molecule has 10 heteroatoms. The third-order valence-electron chi connectivity index (χ3n) is 2.63. The van der Waals surface area contributed by atoms with Crippen molar-refractivity contribution < 1.29 is 26.0 Å². The predicted molar refractivity (Wildman–Crippen MR) is 75.7 cm³/mol. The first-order valence-electron chi connectivity index (χ1n) is 5.89. The summed E-state index contributed by atoms with van der Waals surface area (Å²) in [4.78, 5) is -1.12. The summed E-state index contributed by atoms with van der Waals surface area (Å²) in [5.41, 5.74) is 0. The zero-order valence-electron chi connectivity index (χ0n) is 11.4. The predicted octanol–water partition coefficient (Wildman–Crippen LogP) is 1.41. The fraction of sp³-hybridized carbons (Fsp3) is 0.455. The lowest BCUT2D eigenvalue weighted by atomic mass is 10.3. The van der Waals surface area contributed by atoms with Crippen molar-refractivity contribution in [2.24, 2.45) is 0 Å². The summed E-state index contributed by atoms with van der Waals surface area (Å²) in [5.74, 6) is -1.18. The Labute approximate surface area is 127 Å². The van der Waals surface area contributed by atoms with E-state index in [-0.39, 0.29) is 13.2 Å². The zero-order chi connectivity index (χ0) is 16.3. The fourth-order valence-corrected chi connectivity index (χ4v) is 3.43. The van der Waals surface area contributed by atoms with Crippen molar-refractivity contribution in [3.05, 3.63) is 24.0 Å². The molecule has 0 aromatic heterocycles. The van der Waals surface area contributed by atoms with Gasteiger partial charge in [0.1, 0.15) is 10.7 Å². The number of ether oxygens (including phenoxy) is 1. The van der Waals surface area contributed by atoms with Crippen LogP contribution < -0.4 is 0 Å². The van der Waals surface area contributed by atoms with Crippen LogP contribution >= 0.6 is 10.7 Å². The van der Waals surface area contributed by atoms with Gasteiger partial charge in [0.2, 0.25) is 10.0 Å². The summed E-state index contributed by atoms with van der Waals surface area (Å²) >= 11 is 0. The van der Waals surface area contributed by atoms with Crippen LogP contribution in [0, 0.1) is 5.82 Å². The summed E-state index contributed by atoms with van der Waals surface area (Å²) in [6.45, 7) is 2.41. The number of hydrogen-bond acceptors (Lipinski definition) is 5. The number of sulfonamides is 1. The summed E-state index contributed by atoms with van der Waals surface area (Å²) in [5, 5.41) is 0. The molecule has 0 aliphatic rings. The second kappa shape index (κ2) is 7.01. The topological polar surface area (TPSA) is 80.8 Å². The van der Waals surface area contributed by atoms with E-state index in [9.17, 15) is 21.2 Å². The highest BCUT2D eigenvalue weighted by molar-refractivity contribution is 8.13. The Hall–Kier alpha value is -0.740. The Balaban J connectivity index is 3.09. The third-order valence-corrected chi connectivity index (χ3v) is 5.87. The Kier molecular flexibility index (Phi) is 6.11. The molecule has 0 heterocycles. The van der Waals surface area contributed by atoms with Crippen LogP contribution in [0.5, 0.6) is 0 Å². The Morgan fingerprint density at radius 2 is 1.90 bits per heavy atom. The van der Waals surface area contributed by atoms with E-state index in [2.05, 4.69) is 0 Å². The normalized spacial score (nSPS) is 12.8. The Morgan fingerprint density at radius 3 is 2.38 bits per heavy atom. The molecule has 0 atom stereocenters. The van der Waals surface area contributed by atoms with Gasteiger partial charge < -0.3 is 4.74 Å². The van der Waals surface area contributed by atoms with E-state index in [1.807, 2.05) is 0 Å². The molecule has 0 amide bonds. The van der Waals surface area contributed by atoms with Gasteiger partial charge >= 0.3 is 0 Å². The molecular weight excluding hydrogens is 345 g/mol. The van der Waals surface area contributed by atoms with Crippen molar-refractivity contribution in [1.82, 2.24) is 4.31 Å². The molecular formula is C11H15ClFNO5S2. The molecule has 0 fully saturated rings. The maximum Gasteiger partial charge on any atom is 0.261 e. The quantitative estimate of drug-likeness (QED) is 0.543. The number of benzene rings is 1. The fourth-order valence-electron chi connectivity index (χ4n) is 1.47. The van der Waals surface area contributed by atoms with Crippen molar-refractivity contribution in [2.45, 2.75) is 16.7 Å². The van der Waals surface area contributed by atoms with Crippen LogP contribution in [0.25, 0.3) is 0 Å². The van der Waals surface area contributed by atoms with Gasteiger partial charge in [0, 0.05) is 30.9 Å². The molecule has 0 aliphatic heterocycles. The summed E-state index contributed by atoms with van der Waals surface area (Å²) < 4.78 is 66.3. The van der Waals surface area contributed by atoms with Gasteiger partial charge in [-0.3, -0.25) is 0 Å². The Morgan fingerprint density at radius 1 is 1.29 bits per heavy atom. The van der Waals surface area contributed by atoms with E-state index in [0.717, 1.165) is 16.4 Å². The molecule has 0 saturated heterocycles. The summed E-state index contributed by atoms with van der Waals surface area (Å²) in [7, 11) is -1.84. The molecule has 0 aliphatic carbocycles. The second-order valence-electron chi connectivity index (χ2n) is 4.05. The van der Waals surface area contributed by atoms with Gasteiger partial charge in [0.25, 0.3) is 9.05 Å². The van der Waals surface area contributed by atoms with E-state index in [1.54, 1.807) is 6.92 Å². The largest absolute Gasteiger partial charge is 0.380 e. The molecule has 0 spiro atoms. The van der Waals surface area contributed by atoms with Crippen molar-refractivity contribution in [1.29, 1.82) is 0 Å². The maximum atomic E-state index is 13.9. The zero-order valence-corrected chi connectivity index (χ0v) is 13.8. The van der Waals surface area contributed by atoms with Gasteiger partial charge in [-0.1, -0.05) is 0 Å². The van der Waals surface area contributed by atoms with Crippen molar-refractivity contribution in [2.75, 3.05) is 26.8 Å². The molecule has 0 saturated carbocycles. The molecule has 0 unspecified atom stereocenters. The van der Waals surface area contributed by atoms with Crippen LogP contribution in [0.3, 0.4) is 0 Å². The minimum absolute atomic E-state index is 0.0468. The maximum absolute atomic E-state index is 13.9. The second-order valence-corrected chi connectivity index (χ2v) is 8.63. The van der Waals surface area contributed by atoms with Crippen LogP contribution in [0.4, 0.5) is 4.39 Å². The first kappa shape index (κ1) is 18.3. The first-order valence-corrected chi connectivity index (χ1v) is 9.64. The standard InChI is InChI=1S/C11H15ClFNO5S2/c1-3-19-7-6-14(2)21(17,18)11-5-4-9(8-10(11)13)20(12,15)16/h4-5,8H,3,6-7H2,1-2H3. The molecule has 21 heavy (non-hydrogen) atoms. The number of hydrogen-bond donors (Lipinski definition) is 0. The van der Waals surface area contributed by atoms with Crippen molar-refractivity contribution in [3.63, 3.8) is 0 Å². The van der Waals surface area contributed by atoms with Gasteiger partial charge in [-0.15, -0.1) is 0 Å². The van der Waals surface area contributed by atoms with E-state index >= 15 is 0 Å². The number of rotatable bonds is 7. The third kappa shape index (κ3) is 4.62. The number of halogens is 2. The van der Waals surface area contributed by atoms with Crippen LogP contribution in [0.1, 0.15) is 6.92 Å². The van der Waals surface area contributed by atoms with Gasteiger partial charge in [-0.25, -0.2) is 21.2 Å². The SMILES string of the molecule is CCOCCN(C)S(=O)(=O)c1ccc(S(=O)(=O)Cl)cc1F. The molecule has 1 aromatic rings. The lowest BCUT2D eigenvalue weighted by molar-refractivity contribution is 0.138. The van der Waals surface area contributed by atoms with Crippen molar-refractivity contribution >= 4 is 29.8 Å². The van der Waals surface area contributed by atoms with Crippen LogP contribution in [0.15, 0.2) is 28.0 Å². The van der Waals surface area contributed by atoms with Crippen LogP contribution in [-0.4, -0.2) is 47.9 Å². The van der Waals surface area contributed by atoms with Crippen LogP contribution in [0.2, 0.25) is 0 Å². The number of nitrogens with zero attached hydrogens (tertiary/aromatic N) is 1. The highest BCUT2D eigenvalue weighted by Crippen LogP contribution is 2.23. The highest BCUT2D eigenvalue weighted by atomic mass is 35.7.